The number of hydrogen-bond donors (Lipinski definition) is 2. The second-order valence-corrected chi connectivity index (χ2v) is 2.51. The maximum Gasteiger partial charge on any atom is 0.0512 e. The summed E-state index contributed by atoms with van der Waals surface area (Å²) in [5, 5.41) is 16.9. The summed E-state index contributed by atoms with van der Waals surface area (Å²) in [7, 11) is 0. The van der Waals surface area contributed by atoms with Gasteiger partial charge in [0.2, 0.25) is 0 Å². The van der Waals surface area contributed by atoms with Gasteiger partial charge in [-0.1, -0.05) is 37.8 Å². The van der Waals surface area contributed by atoms with E-state index < -0.39 is 0 Å². The van der Waals surface area contributed by atoms with E-state index in [2.05, 4.69) is 6.92 Å². The molecule has 0 saturated carbocycles. The lowest BCUT2D eigenvalue weighted by atomic mass is 10.2. The van der Waals surface area contributed by atoms with E-state index in [-0.39, 0.29) is 5.23 Å². The highest BCUT2D eigenvalue weighted by Gasteiger charge is 1.92. The van der Waals surface area contributed by atoms with Gasteiger partial charge in [0.1, 0.15) is 0 Å². The molecule has 0 aliphatic carbocycles. The standard InChI is InChI=1S/C7H17NO2/c1-2-3-4-5-6-7-8(9)10/h9-10H,2-7H2,1H3. The van der Waals surface area contributed by atoms with E-state index in [1.54, 1.807) is 0 Å². The lowest BCUT2D eigenvalue weighted by molar-refractivity contribution is -0.306. The first-order valence-corrected chi connectivity index (χ1v) is 3.92. The minimum absolute atomic E-state index is 0.256. The molecular formula is C7H17NO2. The van der Waals surface area contributed by atoms with Crippen molar-refractivity contribution in [2.24, 2.45) is 0 Å². The molecule has 0 atom stereocenters. The molecule has 0 aliphatic heterocycles. The van der Waals surface area contributed by atoms with Gasteiger partial charge in [-0.25, -0.2) is 0 Å². The van der Waals surface area contributed by atoms with Gasteiger partial charge in [0.15, 0.2) is 0 Å². The minimum atomic E-state index is 0.256. The molecule has 0 aromatic heterocycles. The zero-order chi connectivity index (χ0) is 7.82. The van der Waals surface area contributed by atoms with E-state index in [4.69, 9.17) is 10.4 Å². The minimum Gasteiger partial charge on any atom is -0.290 e. The van der Waals surface area contributed by atoms with Crippen molar-refractivity contribution >= 4 is 0 Å². The van der Waals surface area contributed by atoms with Crippen molar-refractivity contribution < 1.29 is 10.4 Å². The molecule has 0 amide bonds. The summed E-state index contributed by atoms with van der Waals surface area (Å²) in [4.78, 5) is 0. The molecule has 3 heteroatoms. The van der Waals surface area contributed by atoms with Gasteiger partial charge in [0.25, 0.3) is 0 Å². The van der Waals surface area contributed by atoms with Gasteiger partial charge in [0, 0.05) is 0 Å². The topological polar surface area (TPSA) is 43.7 Å². The molecule has 0 heterocycles. The van der Waals surface area contributed by atoms with Crippen LogP contribution in [0.5, 0.6) is 0 Å². The fraction of sp³-hybridized carbons (Fsp3) is 1.00. The van der Waals surface area contributed by atoms with Crippen LogP contribution in [-0.4, -0.2) is 22.2 Å². The zero-order valence-corrected chi connectivity index (χ0v) is 6.58. The first kappa shape index (κ1) is 9.88. The second kappa shape index (κ2) is 6.99. The predicted molar refractivity (Wildman–Crippen MR) is 39.0 cm³/mol. The van der Waals surface area contributed by atoms with Crippen LogP contribution in [0.3, 0.4) is 0 Å². The van der Waals surface area contributed by atoms with Crippen molar-refractivity contribution in [3.05, 3.63) is 0 Å². The van der Waals surface area contributed by atoms with Crippen LogP contribution in [0.2, 0.25) is 0 Å². The van der Waals surface area contributed by atoms with Crippen molar-refractivity contribution in [3.63, 3.8) is 0 Å². The predicted octanol–water partition coefficient (Wildman–Crippen LogP) is 2.04. The van der Waals surface area contributed by atoms with Crippen LogP contribution in [0, 0.1) is 0 Å². The number of unbranched alkanes of at least 4 members (excludes halogenated alkanes) is 4. The average molecular weight is 147 g/mol. The number of nitrogens with zero attached hydrogens (tertiary/aromatic N) is 1. The van der Waals surface area contributed by atoms with E-state index in [0.717, 1.165) is 12.8 Å². The molecule has 0 fully saturated rings. The SMILES string of the molecule is CCCCCCCN(O)O. The van der Waals surface area contributed by atoms with Gasteiger partial charge in [0.05, 0.1) is 6.54 Å². The van der Waals surface area contributed by atoms with Gasteiger partial charge >= 0.3 is 0 Å². The van der Waals surface area contributed by atoms with Crippen LogP contribution in [-0.2, 0) is 0 Å². The smallest absolute Gasteiger partial charge is 0.0512 e. The number of rotatable bonds is 6. The Bertz CT molecular complexity index is 66.6. The third-order valence-electron chi connectivity index (χ3n) is 1.46. The summed E-state index contributed by atoms with van der Waals surface area (Å²) in [6, 6.07) is 0. The lowest BCUT2D eigenvalue weighted by Crippen LogP contribution is -2.14. The summed E-state index contributed by atoms with van der Waals surface area (Å²) < 4.78 is 0. The lowest BCUT2D eigenvalue weighted by Gasteiger charge is -2.04. The fourth-order valence-corrected chi connectivity index (χ4v) is 0.857. The Labute approximate surface area is 62.2 Å². The third-order valence-corrected chi connectivity index (χ3v) is 1.46. The summed E-state index contributed by atoms with van der Waals surface area (Å²) in [6.07, 6.45) is 5.63. The van der Waals surface area contributed by atoms with Crippen molar-refractivity contribution in [2.75, 3.05) is 6.54 Å². The van der Waals surface area contributed by atoms with Gasteiger partial charge in [-0.05, 0) is 6.42 Å². The molecule has 0 aromatic rings. The van der Waals surface area contributed by atoms with Crippen LogP contribution in [0.1, 0.15) is 39.0 Å². The zero-order valence-electron chi connectivity index (χ0n) is 6.58. The van der Waals surface area contributed by atoms with E-state index in [1.165, 1.54) is 19.3 Å². The Hall–Kier alpha value is -0.120. The van der Waals surface area contributed by atoms with Crippen molar-refractivity contribution in [3.8, 4) is 0 Å². The van der Waals surface area contributed by atoms with E-state index in [0.29, 0.717) is 6.54 Å². The number of hydroxylamine groups is 2. The molecule has 10 heavy (non-hydrogen) atoms. The van der Waals surface area contributed by atoms with Crippen molar-refractivity contribution in [2.45, 2.75) is 39.0 Å². The average Bonchev–Trinajstić information content (AvgIpc) is 1.87. The second-order valence-electron chi connectivity index (χ2n) is 2.51. The molecule has 62 valence electrons. The van der Waals surface area contributed by atoms with Crippen LogP contribution in [0.25, 0.3) is 0 Å². The molecule has 0 saturated heterocycles. The molecule has 0 aromatic carbocycles. The summed E-state index contributed by atoms with van der Waals surface area (Å²) in [5.74, 6) is 0. The van der Waals surface area contributed by atoms with E-state index in [1.807, 2.05) is 0 Å². The maximum absolute atomic E-state index is 8.30. The Morgan fingerprint density at radius 1 is 1.00 bits per heavy atom. The van der Waals surface area contributed by atoms with Gasteiger partial charge in [-0.2, -0.15) is 0 Å². The quantitative estimate of drug-likeness (QED) is 0.446. The molecule has 0 rings (SSSR count). The molecule has 2 N–H and O–H groups in total. The summed E-state index contributed by atoms with van der Waals surface area (Å²) in [6.45, 7) is 2.52. The summed E-state index contributed by atoms with van der Waals surface area (Å²) >= 11 is 0. The van der Waals surface area contributed by atoms with Crippen LogP contribution in [0.4, 0.5) is 0 Å². The highest BCUT2D eigenvalue weighted by molar-refractivity contribution is 4.41. The first-order chi connectivity index (χ1) is 4.77. The van der Waals surface area contributed by atoms with E-state index >= 15 is 0 Å². The monoisotopic (exact) mass is 147 g/mol. The molecule has 0 bridgehead atoms. The van der Waals surface area contributed by atoms with Gasteiger partial charge < -0.3 is 0 Å². The Morgan fingerprint density at radius 3 is 2.10 bits per heavy atom. The highest BCUT2D eigenvalue weighted by atomic mass is 16.8. The molecule has 0 spiro atoms. The van der Waals surface area contributed by atoms with Crippen LogP contribution in [0.15, 0.2) is 0 Å². The van der Waals surface area contributed by atoms with Crippen LogP contribution >= 0.6 is 0 Å². The normalized spacial score (nSPS) is 10.8. The summed E-state index contributed by atoms with van der Waals surface area (Å²) in [5.41, 5.74) is 0. The molecule has 0 aliphatic rings. The first-order valence-electron chi connectivity index (χ1n) is 3.92. The maximum atomic E-state index is 8.30. The Kier molecular flexibility index (Phi) is 6.91. The fourth-order valence-electron chi connectivity index (χ4n) is 0.857. The van der Waals surface area contributed by atoms with Crippen LogP contribution < -0.4 is 0 Å². The molecule has 0 radical (unpaired) electrons. The molecular weight excluding hydrogens is 130 g/mol. The van der Waals surface area contributed by atoms with Crippen molar-refractivity contribution in [1.29, 1.82) is 0 Å². The third kappa shape index (κ3) is 7.88. The van der Waals surface area contributed by atoms with Gasteiger partial charge in [-0.3, -0.25) is 10.4 Å². The molecule has 3 nitrogen and oxygen atoms in total. The Balaban J connectivity index is 2.77. The highest BCUT2D eigenvalue weighted by Crippen LogP contribution is 2.01. The number of hydrogen-bond acceptors (Lipinski definition) is 3. The molecule has 0 unspecified atom stereocenters. The van der Waals surface area contributed by atoms with Gasteiger partial charge in [-0.15, -0.1) is 0 Å². The largest absolute Gasteiger partial charge is 0.290 e. The van der Waals surface area contributed by atoms with E-state index in [9.17, 15) is 0 Å². The van der Waals surface area contributed by atoms with Crippen molar-refractivity contribution in [1.82, 2.24) is 5.23 Å². The Morgan fingerprint density at radius 2 is 1.60 bits per heavy atom.